The van der Waals surface area contributed by atoms with Crippen LogP contribution >= 0.6 is 0 Å². The van der Waals surface area contributed by atoms with Gasteiger partial charge in [0.1, 0.15) is 0 Å². The number of ether oxygens (including phenoxy) is 2. The van der Waals surface area contributed by atoms with Crippen LogP contribution in [0.3, 0.4) is 0 Å². The summed E-state index contributed by atoms with van der Waals surface area (Å²) < 4.78 is 10.2. The fraction of sp³-hybridized carbons (Fsp3) is 0.900. The van der Waals surface area contributed by atoms with Crippen LogP contribution in [0.2, 0.25) is 0 Å². The van der Waals surface area contributed by atoms with Gasteiger partial charge in [0.25, 0.3) is 0 Å². The van der Waals surface area contributed by atoms with E-state index in [-0.39, 0.29) is 11.6 Å². The van der Waals surface area contributed by atoms with E-state index in [2.05, 4.69) is 18.6 Å². The highest BCUT2D eigenvalue weighted by atomic mass is 16.5. The van der Waals surface area contributed by atoms with Crippen LogP contribution in [-0.4, -0.2) is 25.3 Å². The van der Waals surface area contributed by atoms with E-state index in [9.17, 15) is 4.79 Å². The molecule has 0 aromatic heterocycles. The van der Waals surface area contributed by atoms with Gasteiger partial charge in [0.05, 0.1) is 25.7 Å². The minimum Gasteiger partial charge on any atom is -0.469 e. The van der Waals surface area contributed by atoms with Gasteiger partial charge < -0.3 is 9.47 Å². The van der Waals surface area contributed by atoms with Crippen LogP contribution < -0.4 is 0 Å². The predicted molar refractivity (Wildman–Crippen MR) is 49.4 cm³/mol. The Morgan fingerprint density at radius 3 is 2.77 bits per heavy atom. The van der Waals surface area contributed by atoms with Crippen LogP contribution in [0, 0.1) is 5.92 Å². The molecule has 1 atom stereocenters. The van der Waals surface area contributed by atoms with Gasteiger partial charge in [0, 0.05) is 0 Å². The standard InChI is InChI=1S/C10H18O3/c1-10(2)5-4-8(7-13-10)6-9(11)12-3/h8H,4-7H2,1-3H3. The van der Waals surface area contributed by atoms with Crippen LogP contribution in [0.15, 0.2) is 0 Å². The number of carbonyl (C=O) groups excluding carboxylic acids is 1. The van der Waals surface area contributed by atoms with Gasteiger partial charge in [-0.05, 0) is 32.6 Å². The molecule has 0 N–H and O–H groups in total. The molecule has 1 saturated heterocycles. The van der Waals surface area contributed by atoms with Crippen LogP contribution in [0.25, 0.3) is 0 Å². The molecule has 1 aliphatic rings. The lowest BCUT2D eigenvalue weighted by Crippen LogP contribution is -2.34. The Morgan fingerprint density at radius 2 is 2.31 bits per heavy atom. The second kappa shape index (κ2) is 4.09. The summed E-state index contributed by atoms with van der Waals surface area (Å²) in [5.41, 5.74) is -0.00732. The van der Waals surface area contributed by atoms with E-state index in [4.69, 9.17) is 4.74 Å². The molecule has 0 saturated carbocycles. The van der Waals surface area contributed by atoms with Gasteiger partial charge >= 0.3 is 5.97 Å². The molecule has 1 aliphatic heterocycles. The van der Waals surface area contributed by atoms with Crippen molar-refractivity contribution in [2.24, 2.45) is 5.92 Å². The molecule has 1 heterocycles. The number of hydrogen-bond donors (Lipinski definition) is 0. The average Bonchev–Trinajstić information content (AvgIpc) is 2.08. The van der Waals surface area contributed by atoms with Gasteiger partial charge in [-0.3, -0.25) is 4.79 Å². The lowest BCUT2D eigenvalue weighted by molar-refractivity contribution is -0.145. The van der Waals surface area contributed by atoms with Crippen LogP contribution in [0.4, 0.5) is 0 Å². The smallest absolute Gasteiger partial charge is 0.305 e. The number of esters is 1. The number of carbonyl (C=O) groups is 1. The maximum absolute atomic E-state index is 11.0. The summed E-state index contributed by atoms with van der Waals surface area (Å²) >= 11 is 0. The average molecular weight is 186 g/mol. The van der Waals surface area contributed by atoms with Crippen molar-refractivity contribution in [3.05, 3.63) is 0 Å². The molecule has 13 heavy (non-hydrogen) atoms. The van der Waals surface area contributed by atoms with Crippen LogP contribution in [0.5, 0.6) is 0 Å². The largest absolute Gasteiger partial charge is 0.469 e. The molecule has 0 aliphatic carbocycles. The van der Waals surface area contributed by atoms with Crippen LogP contribution in [0.1, 0.15) is 33.1 Å². The summed E-state index contributed by atoms with van der Waals surface area (Å²) in [6.07, 6.45) is 2.57. The number of hydrogen-bond acceptors (Lipinski definition) is 3. The molecule has 1 unspecified atom stereocenters. The van der Waals surface area contributed by atoms with Crippen molar-refractivity contribution in [1.82, 2.24) is 0 Å². The zero-order valence-electron chi connectivity index (χ0n) is 8.63. The van der Waals surface area contributed by atoms with Crippen molar-refractivity contribution in [2.75, 3.05) is 13.7 Å². The molecule has 1 fully saturated rings. The summed E-state index contributed by atoms with van der Waals surface area (Å²) in [7, 11) is 1.43. The molecular formula is C10H18O3. The first-order valence-corrected chi connectivity index (χ1v) is 4.74. The first-order chi connectivity index (χ1) is 6.03. The molecule has 0 radical (unpaired) electrons. The lowest BCUT2D eigenvalue weighted by atomic mass is 9.90. The molecule has 1 rings (SSSR count). The number of methoxy groups -OCH3 is 1. The van der Waals surface area contributed by atoms with Crippen molar-refractivity contribution in [3.8, 4) is 0 Å². The molecule has 0 bridgehead atoms. The molecular weight excluding hydrogens is 168 g/mol. The summed E-state index contributed by atoms with van der Waals surface area (Å²) in [6.45, 7) is 4.85. The first kappa shape index (κ1) is 10.5. The topological polar surface area (TPSA) is 35.5 Å². The van der Waals surface area contributed by atoms with E-state index < -0.39 is 0 Å². The van der Waals surface area contributed by atoms with Gasteiger partial charge in [-0.25, -0.2) is 0 Å². The minimum absolute atomic E-state index is 0.00732. The van der Waals surface area contributed by atoms with Crippen molar-refractivity contribution in [1.29, 1.82) is 0 Å². The van der Waals surface area contributed by atoms with Crippen molar-refractivity contribution < 1.29 is 14.3 Å². The quantitative estimate of drug-likeness (QED) is 0.616. The van der Waals surface area contributed by atoms with E-state index in [0.717, 1.165) is 12.8 Å². The van der Waals surface area contributed by atoms with Crippen LogP contribution in [-0.2, 0) is 14.3 Å². The van der Waals surface area contributed by atoms with Crippen molar-refractivity contribution >= 4 is 5.97 Å². The molecule has 0 aromatic rings. The van der Waals surface area contributed by atoms with Crippen molar-refractivity contribution in [2.45, 2.75) is 38.7 Å². The van der Waals surface area contributed by atoms with E-state index in [1.165, 1.54) is 7.11 Å². The van der Waals surface area contributed by atoms with E-state index in [1.807, 2.05) is 0 Å². The molecule has 76 valence electrons. The second-order valence-corrected chi connectivity index (χ2v) is 4.26. The Morgan fingerprint density at radius 1 is 1.62 bits per heavy atom. The number of rotatable bonds is 2. The zero-order chi connectivity index (χ0) is 9.90. The summed E-state index contributed by atoms with van der Waals surface area (Å²) in [5, 5.41) is 0. The summed E-state index contributed by atoms with van der Waals surface area (Å²) in [4.78, 5) is 11.0. The highest BCUT2D eigenvalue weighted by Gasteiger charge is 2.28. The Kier molecular flexibility index (Phi) is 3.31. The van der Waals surface area contributed by atoms with Gasteiger partial charge in [0.2, 0.25) is 0 Å². The SMILES string of the molecule is COC(=O)CC1CCC(C)(C)OC1. The third-order valence-corrected chi connectivity index (χ3v) is 2.55. The highest BCUT2D eigenvalue weighted by molar-refractivity contribution is 5.69. The Labute approximate surface area is 79.4 Å². The second-order valence-electron chi connectivity index (χ2n) is 4.26. The third kappa shape index (κ3) is 3.35. The third-order valence-electron chi connectivity index (χ3n) is 2.55. The Balaban J connectivity index is 2.29. The Hall–Kier alpha value is -0.570. The zero-order valence-corrected chi connectivity index (χ0v) is 8.63. The molecule has 3 heteroatoms. The predicted octanol–water partition coefficient (Wildman–Crippen LogP) is 1.75. The van der Waals surface area contributed by atoms with E-state index in [1.54, 1.807) is 0 Å². The van der Waals surface area contributed by atoms with Gasteiger partial charge in [-0.2, -0.15) is 0 Å². The fourth-order valence-electron chi connectivity index (χ4n) is 1.53. The highest BCUT2D eigenvalue weighted by Crippen LogP contribution is 2.28. The van der Waals surface area contributed by atoms with Crippen molar-refractivity contribution in [3.63, 3.8) is 0 Å². The maximum Gasteiger partial charge on any atom is 0.305 e. The molecule has 0 spiro atoms. The molecule has 0 aromatic carbocycles. The summed E-state index contributed by atoms with van der Waals surface area (Å²) in [6, 6.07) is 0. The monoisotopic (exact) mass is 186 g/mol. The van der Waals surface area contributed by atoms with E-state index in [0.29, 0.717) is 18.9 Å². The maximum atomic E-state index is 11.0. The first-order valence-electron chi connectivity index (χ1n) is 4.74. The lowest BCUT2D eigenvalue weighted by Gasteiger charge is -2.34. The minimum atomic E-state index is -0.131. The summed E-state index contributed by atoms with van der Waals surface area (Å²) in [5.74, 6) is 0.216. The van der Waals surface area contributed by atoms with Gasteiger partial charge in [-0.15, -0.1) is 0 Å². The van der Waals surface area contributed by atoms with Gasteiger partial charge in [0.15, 0.2) is 0 Å². The Bertz CT molecular complexity index is 177. The fourth-order valence-corrected chi connectivity index (χ4v) is 1.53. The normalized spacial score (nSPS) is 26.8. The van der Waals surface area contributed by atoms with Gasteiger partial charge in [-0.1, -0.05) is 0 Å². The molecule has 0 amide bonds. The van der Waals surface area contributed by atoms with E-state index >= 15 is 0 Å². The molecule has 3 nitrogen and oxygen atoms in total.